The minimum absolute atomic E-state index is 0.0291. The van der Waals surface area contributed by atoms with Crippen molar-refractivity contribution < 1.29 is 31.1 Å². The number of carbonyl (C=O) groups is 1. The van der Waals surface area contributed by atoms with Crippen molar-refractivity contribution in [2.45, 2.75) is 18.3 Å². The Morgan fingerprint density at radius 3 is 2.54 bits per heavy atom. The van der Waals surface area contributed by atoms with E-state index in [1.54, 1.807) is 0 Å². The van der Waals surface area contributed by atoms with Crippen LogP contribution < -0.4 is 10.1 Å². The van der Waals surface area contributed by atoms with E-state index >= 15 is 0 Å². The quantitative estimate of drug-likeness (QED) is 0.788. The second-order valence-corrected chi connectivity index (χ2v) is 7.52. The number of alkyl halides is 3. The van der Waals surface area contributed by atoms with E-state index in [0.717, 1.165) is 18.4 Å². The molecule has 1 aromatic heterocycles. The van der Waals surface area contributed by atoms with Gasteiger partial charge < -0.3 is 15.0 Å². The highest BCUT2D eigenvalue weighted by molar-refractivity contribution is 7.90. The van der Waals surface area contributed by atoms with Crippen LogP contribution in [-0.2, 0) is 14.6 Å². The zero-order valence-electron chi connectivity index (χ0n) is 13.4. The summed E-state index contributed by atoms with van der Waals surface area (Å²) in [5.41, 5.74) is 0.808. The lowest BCUT2D eigenvalue weighted by atomic mass is 10.1. The van der Waals surface area contributed by atoms with Crippen LogP contribution >= 0.6 is 0 Å². The summed E-state index contributed by atoms with van der Waals surface area (Å²) in [4.78, 5) is 18.8. The third kappa shape index (κ3) is 3.57. The molecule has 0 saturated carbocycles. The standard InChI is InChI=1S/C15H12F3N3O4S/c1-7-14(26(2,23)24)21-12(19-7)6-10-9-5-8(25-15(16,17)18)3-4-11(9)20-13(10)22/h3-6H,1-2H3,(H,19,21)(H,20,22)/b10-6-. The Morgan fingerprint density at radius 1 is 1.27 bits per heavy atom. The molecule has 0 unspecified atom stereocenters. The second-order valence-electron chi connectivity index (χ2n) is 5.59. The molecule has 0 bridgehead atoms. The van der Waals surface area contributed by atoms with Crippen molar-refractivity contribution in [1.29, 1.82) is 0 Å². The molecule has 1 aliphatic heterocycles. The number of aromatic nitrogens is 2. The lowest BCUT2D eigenvalue weighted by Crippen LogP contribution is -2.17. The van der Waals surface area contributed by atoms with E-state index in [9.17, 15) is 26.4 Å². The molecule has 11 heteroatoms. The van der Waals surface area contributed by atoms with Gasteiger partial charge in [-0.05, 0) is 31.2 Å². The fourth-order valence-electron chi connectivity index (χ4n) is 2.54. The lowest BCUT2D eigenvalue weighted by Gasteiger charge is -2.09. The summed E-state index contributed by atoms with van der Waals surface area (Å²) in [5.74, 6) is -0.951. The van der Waals surface area contributed by atoms with Crippen molar-refractivity contribution >= 4 is 33.1 Å². The number of anilines is 1. The molecule has 0 radical (unpaired) electrons. The highest BCUT2D eigenvalue weighted by Gasteiger charge is 2.32. The number of halogens is 3. The second kappa shape index (κ2) is 5.87. The molecule has 0 saturated heterocycles. The van der Waals surface area contributed by atoms with E-state index in [2.05, 4.69) is 20.0 Å². The van der Waals surface area contributed by atoms with Crippen LogP contribution in [0.4, 0.5) is 18.9 Å². The number of fused-ring (bicyclic) bond motifs is 1. The summed E-state index contributed by atoms with van der Waals surface area (Å²) >= 11 is 0. The summed E-state index contributed by atoms with van der Waals surface area (Å²) in [6.07, 6.45) is -2.61. The molecule has 1 aliphatic rings. The molecule has 0 aliphatic carbocycles. The van der Waals surface area contributed by atoms with Crippen LogP contribution in [0.3, 0.4) is 0 Å². The first-order valence-electron chi connectivity index (χ1n) is 7.14. The summed E-state index contributed by atoms with van der Waals surface area (Å²) < 4.78 is 64.3. The van der Waals surface area contributed by atoms with E-state index < -0.39 is 27.9 Å². The van der Waals surface area contributed by atoms with Gasteiger partial charge in [0.15, 0.2) is 14.9 Å². The van der Waals surface area contributed by atoms with Gasteiger partial charge in [-0.2, -0.15) is 0 Å². The first-order valence-corrected chi connectivity index (χ1v) is 9.03. The van der Waals surface area contributed by atoms with Crippen molar-refractivity contribution in [1.82, 2.24) is 9.97 Å². The molecule has 0 atom stereocenters. The number of amides is 1. The van der Waals surface area contributed by atoms with Gasteiger partial charge in [-0.3, -0.25) is 4.79 Å². The van der Waals surface area contributed by atoms with E-state index in [-0.39, 0.29) is 27.7 Å². The van der Waals surface area contributed by atoms with Gasteiger partial charge in [0.25, 0.3) is 5.91 Å². The average molecular weight is 387 g/mol. The molecular weight excluding hydrogens is 375 g/mol. The van der Waals surface area contributed by atoms with Gasteiger partial charge in [-0.25, -0.2) is 13.4 Å². The Bertz CT molecular complexity index is 1040. The monoisotopic (exact) mass is 387 g/mol. The molecule has 2 N–H and O–H groups in total. The number of H-pyrrole nitrogens is 1. The fourth-order valence-corrected chi connectivity index (χ4v) is 3.41. The van der Waals surface area contributed by atoms with Gasteiger partial charge in [0.05, 0.1) is 11.3 Å². The van der Waals surface area contributed by atoms with Crippen molar-refractivity contribution in [3.05, 3.63) is 35.3 Å². The fraction of sp³-hybridized carbons (Fsp3) is 0.200. The molecule has 3 rings (SSSR count). The highest BCUT2D eigenvalue weighted by Crippen LogP contribution is 2.36. The van der Waals surface area contributed by atoms with Gasteiger partial charge >= 0.3 is 6.36 Å². The maximum Gasteiger partial charge on any atom is 0.573 e. The average Bonchev–Trinajstić information content (AvgIpc) is 2.99. The maximum atomic E-state index is 12.4. The van der Waals surface area contributed by atoms with Gasteiger partial charge in [-0.1, -0.05) is 0 Å². The van der Waals surface area contributed by atoms with E-state index in [1.807, 2.05) is 0 Å². The third-order valence-electron chi connectivity index (χ3n) is 3.50. The lowest BCUT2D eigenvalue weighted by molar-refractivity contribution is -0.274. The molecule has 0 fully saturated rings. The number of aryl methyl sites for hydroxylation is 1. The molecule has 2 aromatic rings. The number of sulfone groups is 1. The number of hydrogen-bond acceptors (Lipinski definition) is 5. The largest absolute Gasteiger partial charge is 0.573 e. The van der Waals surface area contributed by atoms with Gasteiger partial charge in [0.1, 0.15) is 11.6 Å². The molecular formula is C15H12F3N3O4S. The molecule has 138 valence electrons. The zero-order valence-corrected chi connectivity index (χ0v) is 14.2. The number of aromatic amines is 1. The minimum atomic E-state index is -4.86. The third-order valence-corrected chi connectivity index (χ3v) is 4.60. The molecule has 7 nitrogen and oxygen atoms in total. The van der Waals surface area contributed by atoms with Crippen LogP contribution in [0.5, 0.6) is 5.75 Å². The van der Waals surface area contributed by atoms with Gasteiger partial charge in [0, 0.05) is 17.5 Å². The van der Waals surface area contributed by atoms with E-state index in [4.69, 9.17) is 0 Å². The Labute approximate surface area is 145 Å². The number of carbonyl (C=O) groups excluding carboxylic acids is 1. The first kappa shape index (κ1) is 18.0. The van der Waals surface area contributed by atoms with Gasteiger partial charge in [-0.15, -0.1) is 13.2 Å². The van der Waals surface area contributed by atoms with Crippen LogP contribution in [0.15, 0.2) is 23.2 Å². The number of nitrogens with zero attached hydrogens (tertiary/aromatic N) is 1. The molecule has 2 heterocycles. The molecule has 26 heavy (non-hydrogen) atoms. The maximum absolute atomic E-state index is 12.4. The Hall–Kier alpha value is -2.82. The van der Waals surface area contributed by atoms with Crippen LogP contribution in [-0.4, -0.2) is 36.9 Å². The number of imidazole rings is 1. The van der Waals surface area contributed by atoms with Crippen molar-refractivity contribution in [2.75, 3.05) is 11.6 Å². The first-order chi connectivity index (χ1) is 11.9. The summed E-state index contributed by atoms with van der Waals surface area (Å²) in [6.45, 7) is 1.50. The van der Waals surface area contributed by atoms with E-state index in [0.29, 0.717) is 5.69 Å². The number of ether oxygens (including phenoxy) is 1. The van der Waals surface area contributed by atoms with Crippen molar-refractivity contribution in [2.24, 2.45) is 0 Å². The highest BCUT2D eigenvalue weighted by atomic mass is 32.2. The summed E-state index contributed by atoms with van der Waals surface area (Å²) in [6, 6.07) is 3.43. The number of hydrogen-bond donors (Lipinski definition) is 2. The van der Waals surface area contributed by atoms with Crippen LogP contribution in [0, 0.1) is 6.92 Å². The normalized spacial score (nSPS) is 15.9. The van der Waals surface area contributed by atoms with Crippen LogP contribution in [0.1, 0.15) is 17.1 Å². The number of nitrogens with one attached hydrogen (secondary N) is 2. The topological polar surface area (TPSA) is 101 Å². The predicted molar refractivity (Wildman–Crippen MR) is 86.1 cm³/mol. The van der Waals surface area contributed by atoms with Crippen molar-refractivity contribution in [3.8, 4) is 5.75 Å². The Kier molecular flexibility index (Phi) is 4.06. The molecule has 1 aromatic carbocycles. The molecule has 0 spiro atoms. The number of rotatable bonds is 3. The predicted octanol–water partition coefficient (Wildman–Crippen LogP) is 2.51. The van der Waals surface area contributed by atoms with Gasteiger partial charge in [0.2, 0.25) is 0 Å². The summed E-state index contributed by atoms with van der Waals surface area (Å²) in [5, 5.41) is 2.34. The Morgan fingerprint density at radius 2 is 1.96 bits per heavy atom. The smallest absolute Gasteiger partial charge is 0.406 e. The van der Waals surface area contributed by atoms with E-state index in [1.165, 1.54) is 19.1 Å². The van der Waals surface area contributed by atoms with Crippen LogP contribution in [0.2, 0.25) is 0 Å². The summed E-state index contributed by atoms with van der Waals surface area (Å²) in [7, 11) is -3.56. The van der Waals surface area contributed by atoms with Crippen molar-refractivity contribution in [3.63, 3.8) is 0 Å². The number of benzene rings is 1. The van der Waals surface area contributed by atoms with Crippen LogP contribution in [0.25, 0.3) is 11.6 Å². The minimum Gasteiger partial charge on any atom is -0.406 e. The molecule has 1 amide bonds. The SMILES string of the molecule is Cc1[nH]c(/C=C2\C(=O)Nc3ccc(OC(F)(F)F)cc32)nc1S(C)(=O)=O. The zero-order chi connectivity index (χ0) is 19.3. The Balaban J connectivity index is 2.04.